The summed E-state index contributed by atoms with van der Waals surface area (Å²) in [6.45, 7) is 8.21. The number of hydrogen-bond acceptors (Lipinski definition) is 1. The molecular formula is C15H21BrOSi. The van der Waals surface area contributed by atoms with Gasteiger partial charge in [0.2, 0.25) is 0 Å². The Hall–Kier alpha value is -0.673. The minimum Gasteiger partial charge on any atom is -0.300 e. The summed E-state index contributed by atoms with van der Waals surface area (Å²) in [5.74, 6) is 0. The minimum atomic E-state index is -2.06. The van der Waals surface area contributed by atoms with E-state index < -0.39 is 8.07 Å². The van der Waals surface area contributed by atoms with Gasteiger partial charge in [0, 0.05) is 5.33 Å². The molecule has 3 heteroatoms. The Morgan fingerprint density at radius 2 is 1.83 bits per heavy atom. The number of allylic oxidation sites excluding steroid dienone is 1. The molecule has 0 atom stereocenters. The van der Waals surface area contributed by atoms with E-state index in [-0.39, 0.29) is 0 Å². The maximum atomic E-state index is 12.5. The summed E-state index contributed by atoms with van der Waals surface area (Å²) >= 11 is 3.41. The fraction of sp³-hybridized carbons (Fsp3) is 0.400. The molecule has 0 aliphatic carbocycles. The second-order valence-corrected chi connectivity index (χ2v) is 10.1. The second kappa shape index (κ2) is 7.05. The minimum absolute atomic E-state index is 0.295. The summed E-state index contributed by atoms with van der Waals surface area (Å²) in [4.78, 5) is 12.5. The van der Waals surface area contributed by atoms with Gasteiger partial charge in [-0.25, -0.2) is 0 Å². The molecule has 0 aliphatic rings. The number of benzene rings is 1. The molecule has 18 heavy (non-hydrogen) atoms. The Bertz CT molecular complexity index is 412. The smallest absolute Gasteiger partial charge is 0.163 e. The van der Waals surface area contributed by atoms with Crippen molar-refractivity contribution < 1.29 is 4.79 Å². The Morgan fingerprint density at radius 1 is 1.22 bits per heavy atom. The van der Waals surface area contributed by atoms with Gasteiger partial charge in [-0.15, -0.1) is 0 Å². The van der Waals surface area contributed by atoms with Crippen molar-refractivity contribution in [1.82, 2.24) is 0 Å². The molecule has 0 radical (unpaired) electrons. The topological polar surface area (TPSA) is 17.1 Å². The van der Waals surface area contributed by atoms with Crippen LogP contribution in [0, 0.1) is 0 Å². The van der Waals surface area contributed by atoms with Crippen LogP contribution in [0.1, 0.15) is 19.3 Å². The van der Waals surface area contributed by atoms with E-state index in [4.69, 9.17) is 0 Å². The van der Waals surface area contributed by atoms with Gasteiger partial charge in [0.15, 0.2) is 8.07 Å². The van der Waals surface area contributed by atoms with Gasteiger partial charge in [0.1, 0.15) is 5.41 Å². The standard InChI is InChI=1S/C15H21BrOSi/c1-13(9-7-8-12-16)15(17)18(2,3)14-10-5-4-6-11-14/h4-6,10-11H,1,7-9,12H2,2-3H3. The average Bonchev–Trinajstić information content (AvgIpc) is 2.39. The average molecular weight is 325 g/mol. The lowest BCUT2D eigenvalue weighted by Crippen LogP contribution is -2.50. The molecule has 0 saturated carbocycles. The normalized spacial score (nSPS) is 11.3. The van der Waals surface area contributed by atoms with Crippen LogP contribution in [0.5, 0.6) is 0 Å². The van der Waals surface area contributed by atoms with E-state index in [2.05, 4.69) is 47.7 Å². The first-order chi connectivity index (χ1) is 8.50. The lowest BCUT2D eigenvalue weighted by atomic mass is 10.1. The maximum absolute atomic E-state index is 12.5. The second-order valence-electron chi connectivity index (χ2n) is 5.07. The van der Waals surface area contributed by atoms with Crippen LogP contribution >= 0.6 is 15.9 Å². The summed E-state index contributed by atoms with van der Waals surface area (Å²) in [5.41, 5.74) is 0.802. The van der Waals surface area contributed by atoms with Crippen LogP contribution in [-0.2, 0) is 4.79 Å². The highest BCUT2D eigenvalue weighted by Crippen LogP contribution is 2.15. The number of halogens is 1. The quantitative estimate of drug-likeness (QED) is 0.322. The van der Waals surface area contributed by atoms with E-state index in [1.54, 1.807) is 0 Å². The first kappa shape index (κ1) is 15.4. The summed E-state index contributed by atoms with van der Waals surface area (Å²) in [5, 5.41) is 2.48. The van der Waals surface area contributed by atoms with Crippen molar-refractivity contribution in [3.8, 4) is 0 Å². The SMILES string of the molecule is C=C(CCCCBr)C(=O)[Si](C)(C)c1ccccc1. The summed E-state index contributed by atoms with van der Waals surface area (Å²) in [6, 6.07) is 10.1. The van der Waals surface area contributed by atoms with Gasteiger partial charge in [0.05, 0.1) is 0 Å². The summed E-state index contributed by atoms with van der Waals surface area (Å²) in [7, 11) is -2.06. The van der Waals surface area contributed by atoms with E-state index in [1.165, 1.54) is 5.19 Å². The third-order valence-corrected chi connectivity index (χ3v) is 7.07. The zero-order valence-corrected chi connectivity index (χ0v) is 13.8. The molecule has 0 saturated heterocycles. The van der Waals surface area contributed by atoms with Crippen molar-refractivity contribution in [3.05, 3.63) is 42.5 Å². The van der Waals surface area contributed by atoms with Crippen LogP contribution in [0.25, 0.3) is 0 Å². The number of hydrogen-bond donors (Lipinski definition) is 0. The monoisotopic (exact) mass is 324 g/mol. The zero-order chi connectivity index (χ0) is 13.6. The Kier molecular flexibility index (Phi) is 6.02. The Balaban J connectivity index is 2.73. The fourth-order valence-corrected chi connectivity index (χ4v) is 4.67. The van der Waals surface area contributed by atoms with Crippen molar-refractivity contribution in [3.63, 3.8) is 0 Å². The molecule has 1 aromatic carbocycles. The molecule has 1 nitrogen and oxygen atoms in total. The maximum Gasteiger partial charge on any atom is 0.163 e. The van der Waals surface area contributed by atoms with Gasteiger partial charge < -0.3 is 4.79 Å². The molecule has 98 valence electrons. The molecular weight excluding hydrogens is 304 g/mol. The molecule has 0 bridgehead atoms. The molecule has 0 aliphatic heterocycles. The van der Waals surface area contributed by atoms with Gasteiger partial charge in [-0.1, -0.05) is 71.1 Å². The highest BCUT2D eigenvalue weighted by atomic mass is 79.9. The van der Waals surface area contributed by atoms with E-state index in [1.807, 2.05) is 18.2 Å². The van der Waals surface area contributed by atoms with Gasteiger partial charge >= 0.3 is 0 Å². The van der Waals surface area contributed by atoms with Crippen molar-refractivity contribution in [2.24, 2.45) is 0 Å². The van der Waals surface area contributed by atoms with Crippen LogP contribution in [0.2, 0.25) is 13.1 Å². The van der Waals surface area contributed by atoms with Crippen molar-refractivity contribution >= 4 is 34.6 Å². The van der Waals surface area contributed by atoms with E-state index in [0.717, 1.165) is 30.2 Å². The molecule has 0 aromatic heterocycles. The highest BCUT2D eigenvalue weighted by Gasteiger charge is 2.33. The van der Waals surface area contributed by atoms with Gasteiger partial charge in [-0.3, -0.25) is 0 Å². The van der Waals surface area contributed by atoms with Crippen LogP contribution in [0.3, 0.4) is 0 Å². The summed E-state index contributed by atoms with van der Waals surface area (Å²) < 4.78 is 0. The molecule has 0 spiro atoms. The largest absolute Gasteiger partial charge is 0.300 e. The lowest BCUT2D eigenvalue weighted by molar-refractivity contribution is -0.109. The number of carbonyl (C=O) groups is 1. The predicted molar refractivity (Wildman–Crippen MR) is 85.4 cm³/mol. The van der Waals surface area contributed by atoms with Gasteiger partial charge in [0.25, 0.3) is 0 Å². The van der Waals surface area contributed by atoms with Crippen molar-refractivity contribution in [1.29, 1.82) is 0 Å². The zero-order valence-electron chi connectivity index (χ0n) is 11.2. The number of rotatable bonds is 7. The predicted octanol–water partition coefficient (Wildman–Crippen LogP) is 3.83. The number of alkyl halides is 1. The van der Waals surface area contributed by atoms with E-state index >= 15 is 0 Å². The molecule has 0 unspecified atom stereocenters. The van der Waals surface area contributed by atoms with Gasteiger partial charge in [-0.05, 0) is 24.8 Å². The highest BCUT2D eigenvalue weighted by molar-refractivity contribution is 9.09. The first-order valence-corrected chi connectivity index (χ1v) is 10.5. The number of carbonyl (C=O) groups excluding carboxylic acids is 1. The van der Waals surface area contributed by atoms with E-state index in [0.29, 0.717) is 5.41 Å². The fourth-order valence-electron chi connectivity index (χ4n) is 1.97. The van der Waals surface area contributed by atoms with Crippen molar-refractivity contribution in [2.45, 2.75) is 32.4 Å². The van der Waals surface area contributed by atoms with Crippen LogP contribution < -0.4 is 5.19 Å². The Morgan fingerprint density at radius 3 is 2.39 bits per heavy atom. The third kappa shape index (κ3) is 3.92. The van der Waals surface area contributed by atoms with Crippen molar-refractivity contribution in [2.75, 3.05) is 5.33 Å². The first-order valence-electron chi connectivity index (χ1n) is 6.34. The lowest BCUT2D eigenvalue weighted by Gasteiger charge is -2.22. The number of unbranched alkanes of at least 4 members (excludes halogenated alkanes) is 1. The van der Waals surface area contributed by atoms with E-state index in [9.17, 15) is 4.79 Å². The Labute approximate surface area is 119 Å². The van der Waals surface area contributed by atoms with Crippen LogP contribution in [0.4, 0.5) is 0 Å². The van der Waals surface area contributed by atoms with Crippen LogP contribution in [-0.4, -0.2) is 18.8 Å². The molecule has 0 N–H and O–H groups in total. The van der Waals surface area contributed by atoms with Gasteiger partial charge in [-0.2, -0.15) is 0 Å². The molecule has 1 aromatic rings. The van der Waals surface area contributed by atoms with Crippen LogP contribution in [0.15, 0.2) is 42.5 Å². The molecule has 1 rings (SSSR count). The molecule has 0 heterocycles. The molecule has 0 amide bonds. The molecule has 0 fully saturated rings. The summed E-state index contributed by atoms with van der Waals surface area (Å²) in [6.07, 6.45) is 2.96. The third-order valence-electron chi connectivity index (χ3n) is 3.25.